The fraction of sp³-hybridized carbons (Fsp3) is 0.125. The molecule has 14 heavy (non-hydrogen) atoms. The van der Waals surface area contributed by atoms with Crippen LogP contribution in [-0.4, -0.2) is 13.4 Å². The summed E-state index contributed by atoms with van der Waals surface area (Å²) < 4.78 is 24.2. The first-order valence-electron chi connectivity index (χ1n) is 3.93. The Morgan fingerprint density at radius 1 is 1.43 bits per heavy atom. The zero-order valence-electron chi connectivity index (χ0n) is 7.35. The summed E-state index contributed by atoms with van der Waals surface area (Å²) in [7, 11) is -2.59. The summed E-state index contributed by atoms with van der Waals surface area (Å²) in [5, 5.41) is 0.976. The van der Waals surface area contributed by atoms with Gasteiger partial charge in [0.15, 0.2) is 0 Å². The van der Waals surface area contributed by atoms with Gasteiger partial charge in [-0.25, -0.2) is 13.4 Å². The van der Waals surface area contributed by atoms with Crippen LogP contribution in [0.2, 0.25) is 0 Å². The molecular weight excluding hydrogens is 220 g/mol. The summed E-state index contributed by atoms with van der Waals surface area (Å²) in [4.78, 5) is 4.27. The van der Waals surface area contributed by atoms with Crippen molar-refractivity contribution in [2.45, 2.75) is 6.92 Å². The van der Waals surface area contributed by atoms with Crippen molar-refractivity contribution in [1.29, 1.82) is 0 Å². The van der Waals surface area contributed by atoms with Crippen LogP contribution in [0, 0.1) is 6.92 Å². The molecule has 2 aromatic rings. The van der Waals surface area contributed by atoms with Crippen LogP contribution in [0.25, 0.3) is 10.2 Å². The first-order chi connectivity index (χ1) is 6.65. The van der Waals surface area contributed by atoms with Gasteiger partial charge in [0.2, 0.25) is 10.9 Å². The third-order valence-electron chi connectivity index (χ3n) is 1.72. The molecule has 74 valence electrons. The van der Waals surface area contributed by atoms with E-state index in [1.807, 2.05) is 6.92 Å². The molecule has 6 heteroatoms. The molecule has 0 aliphatic carbocycles. The zero-order valence-corrected chi connectivity index (χ0v) is 9.06. The second-order valence-electron chi connectivity index (χ2n) is 2.78. The Hall–Kier alpha value is -1.14. The number of aromatic nitrogens is 1. The van der Waals surface area contributed by atoms with E-state index in [2.05, 4.69) is 9.71 Å². The Morgan fingerprint density at radius 3 is 2.93 bits per heavy atom. The van der Waals surface area contributed by atoms with E-state index < -0.39 is 10.9 Å². The minimum absolute atomic E-state index is 0.581. The summed E-state index contributed by atoms with van der Waals surface area (Å²) >= 11 is 1.55. The van der Waals surface area contributed by atoms with E-state index in [1.54, 1.807) is 29.5 Å². The van der Waals surface area contributed by atoms with Crippen molar-refractivity contribution in [1.82, 2.24) is 4.98 Å². The quantitative estimate of drug-likeness (QED) is 0.767. The minimum atomic E-state index is -2.59. The Morgan fingerprint density at radius 2 is 2.21 bits per heavy atom. The van der Waals surface area contributed by atoms with Crippen molar-refractivity contribution in [3.63, 3.8) is 0 Å². The molecule has 2 rings (SSSR count). The fourth-order valence-corrected chi connectivity index (χ4v) is 2.43. The number of anilines is 1. The van der Waals surface area contributed by atoms with Gasteiger partial charge in [-0.3, -0.25) is 4.72 Å². The van der Waals surface area contributed by atoms with E-state index in [9.17, 15) is 8.42 Å². The summed E-state index contributed by atoms with van der Waals surface area (Å²) in [6.07, 6.45) is 0. The number of nitrogens with one attached hydrogen (secondary N) is 1. The number of benzene rings is 1. The standard InChI is InChI=1S/C8H8N2O2S2/c1-5-9-7-3-2-6(10-14(11)12)4-8(7)13-5/h2-4,14H,1H3,(H,10,11,12). The maximum Gasteiger partial charge on any atom is 0.222 e. The average molecular weight is 228 g/mol. The van der Waals surface area contributed by atoms with Gasteiger partial charge < -0.3 is 0 Å². The largest absolute Gasteiger partial charge is 0.286 e. The molecule has 0 radical (unpaired) electrons. The van der Waals surface area contributed by atoms with Crippen molar-refractivity contribution < 1.29 is 8.42 Å². The number of fused-ring (bicyclic) bond motifs is 1. The maximum absolute atomic E-state index is 10.4. The Kier molecular flexibility index (Phi) is 2.39. The number of nitrogens with zero attached hydrogens (tertiary/aromatic N) is 1. The van der Waals surface area contributed by atoms with Gasteiger partial charge >= 0.3 is 0 Å². The summed E-state index contributed by atoms with van der Waals surface area (Å²) in [6.45, 7) is 1.92. The minimum Gasteiger partial charge on any atom is -0.286 e. The van der Waals surface area contributed by atoms with E-state index in [0.29, 0.717) is 5.69 Å². The molecule has 1 N–H and O–H groups in total. The molecule has 0 aliphatic rings. The van der Waals surface area contributed by atoms with E-state index in [-0.39, 0.29) is 0 Å². The van der Waals surface area contributed by atoms with Crippen molar-refractivity contribution in [2.75, 3.05) is 4.72 Å². The topological polar surface area (TPSA) is 59.1 Å². The molecule has 0 saturated heterocycles. The summed E-state index contributed by atoms with van der Waals surface area (Å²) in [5.74, 6) is 0. The molecule has 0 aliphatic heterocycles. The molecule has 0 unspecified atom stereocenters. The van der Waals surface area contributed by atoms with E-state index in [4.69, 9.17) is 0 Å². The van der Waals surface area contributed by atoms with Gasteiger partial charge in [-0.15, -0.1) is 11.3 Å². The first kappa shape index (κ1) is 9.42. The SMILES string of the molecule is Cc1nc2ccc(N[SH](=O)=O)cc2s1. The van der Waals surface area contributed by atoms with Gasteiger partial charge in [0, 0.05) is 5.69 Å². The highest BCUT2D eigenvalue weighted by Gasteiger charge is 2.01. The molecular formula is C8H8N2O2S2. The lowest BCUT2D eigenvalue weighted by Gasteiger charge is -1.96. The van der Waals surface area contributed by atoms with Crippen LogP contribution in [0.1, 0.15) is 5.01 Å². The zero-order chi connectivity index (χ0) is 10.1. The molecule has 4 nitrogen and oxygen atoms in total. The number of rotatable bonds is 2. The summed E-state index contributed by atoms with van der Waals surface area (Å²) in [5.41, 5.74) is 1.48. The van der Waals surface area contributed by atoms with Crippen molar-refractivity contribution in [3.05, 3.63) is 23.2 Å². The van der Waals surface area contributed by atoms with Gasteiger partial charge in [0.1, 0.15) is 0 Å². The highest BCUT2D eigenvalue weighted by Crippen LogP contribution is 2.24. The highest BCUT2D eigenvalue weighted by atomic mass is 32.2. The average Bonchev–Trinajstić information content (AvgIpc) is 2.42. The van der Waals surface area contributed by atoms with Crippen LogP contribution in [0.4, 0.5) is 5.69 Å². The molecule has 0 atom stereocenters. The number of hydrogen-bond acceptors (Lipinski definition) is 4. The lowest BCUT2D eigenvalue weighted by molar-refractivity contribution is 0.619. The maximum atomic E-state index is 10.4. The molecule has 1 heterocycles. The third-order valence-corrected chi connectivity index (χ3v) is 3.09. The molecule has 1 aromatic heterocycles. The molecule has 0 amide bonds. The van der Waals surface area contributed by atoms with Crippen LogP contribution in [0.5, 0.6) is 0 Å². The normalized spacial score (nSPS) is 11.0. The molecule has 0 bridgehead atoms. The Balaban J connectivity index is 2.50. The van der Waals surface area contributed by atoms with Gasteiger partial charge in [0.25, 0.3) is 0 Å². The summed E-state index contributed by atoms with van der Waals surface area (Å²) in [6, 6.07) is 5.29. The number of thiol groups is 1. The second kappa shape index (κ2) is 3.55. The number of hydrogen-bond donors (Lipinski definition) is 2. The molecule has 0 fully saturated rings. The van der Waals surface area contributed by atoms with Crippen LogP contribution in [0.15, 0.2) is 18.2 Å². The monoisotopic (exact) mass is 228 g/mol. The van der Waals surface area contributed by atoms with E-state index in [1.165, 1.54) is 0 Å². The lowest BCUT2D eigenvalue weighted by Crippen LogP contribution is -1.93. The van der Waals surface area contributed by atoms with Crippen LogP contribution in [-0.2, 0) is 10.9 Å². The van der Waals surface area contributed by atoms with Crippen molar-refractivity contribution in [2.24, 2.45) is 0 Å². The highest BCUT2D eigenvalue weighted by molar-refractivity contribution is 7.73. The van der Waals surface area contributed by atoms with Crippen LogP contribution < -0.4 is 4.72 Å². The van der Waals surface area contributed by atoms with Gasteiger partial charge in [-0.2, -0.15) is 0 Å². The smallest absolute Gasteiger partial charge is 0.222 e. The lowest BCUT2D eigenvalue weighted by atomic mass is 10.3. The first-order valence-corrected chi connectivity index (χ1v) is 5.93. The van der Waals surface area contributed by atoms with E-state index in [0.717, 1.165) is 15.2 Å². The molecule has 0 saturated carbocycles. The van der Waals surface area contributed by atoms with E-state index >= 15 is 0 Å². The number of aryl methyl sites for hydroxylation is 1. The predicted molar refractivity (Wildman–Crippen MR) is 58.3 cm³/mol. The van der Waals surface area contributed by atoms with Crippen molar-refractivity contribution in [3.8, 4) is 0 Å². The Bertz CT molecular complexity index is 537. The van der Waals surface area contributed by atoms with Gasteiger partial charge in [-0.05, 0) is 25.1 Å². The Labute approximate surface area is 86.7 Å². The fourth-order valence-electron chi connectivity index (χ4n) is 1.21. The molecule has 1 aromatic carbocycles. The van der Waals surface area contributed by atoms with Crippen LogP contribution in [0.3, 0.4) is 0 Å². The van der Waals surface area contributed by atoms with Crippen LogP contribution >= 0.6 is 11.3 Å². The third kappa shape index (κ3) is 1.85. The molecule has 0 spiro atoms. The van der Waals surface area contributed by atoms with Crippen molar-refractivity contribution >= 4 is 38.1 Å². The predicted octanol–water partition coefficient (Wildman–Crippen LogP) is 1.54. The second-order valence-corrected chi connectivity index (χ2v) is 4.76. The van der Waals surface area contributed by atoms with Gasteiger partial charge in [0.05, 0.1) is 15.2 Å². The van der Waals surface area contributed by atoms with Gasteiger partial charge in [-0.1, -0.05) is 0 Å². The number of thiazole rings is 1.